The number of hydrogen-bond acceptors (Lipinski definition) is 6. The molecule has 3 aromatic heterocycles. The third-order valence-corrected chi connectivity index (χ3v) is 4.57. The van der Waals surface area contributed by atoms with Crippen LogP contribution in [0.2, 0.25) is 0 Å². The largest absolute Gasteiger partial charge is 0.365 e. The lowest BCUT2D eigenvalue weighted by molar-refractivity contribution is 0.760. The topological polar surface area (TPSA) is 95.9 Å². The Balaban J connectivity index is 1.55. The van der Waals surface area contributed by atoms with Gasteiger partial charge in [-0.2, -0.15) is 0 Å². The number of nitrogens with one attached hydrogen (secondary N) is 2. The van der Waals surface area contributed by atoms with Gasteiger partial charge in [-0.3, -0.25) is 19.3 Å². The number of aromatic nitrogens is 4. The molecule has 25 heavy (non-hydrogen) atoms. The zero-order valence-corrected chi connectivity index (χ0v) is 13.8. The van der Waals surface area contributed by atoms with Gasteiger partial charge in [0.1, 0.15) is 11.6 Å². The third-order valence-electron chi connectivity index (χ3n) is 4.57. The number of aromatic amines is 1. The summed E-state index contributed by atoms with van der Waals surface area (Å²) in [5.41, 5.74) is -0.711. The van der Waals surface area contributed by atoms with E-state index in [9.17, 15) is 9.59 Å². The van der Waals surface area contributed by atoms with Crippen LogP contribution in [0, 0.1) is 0 Å². The van der Waals surface area contributed by atoms with E-state index in [2.05, 4.69) is 20.3 Å². The van der Waals surface area contributed by atoms with Gasteiger partial charge in [-0.05, 0) is 23.9 Å². The van der Waals surface area contributed by atoms with Crippen molar-refractivity contribution in [1.29, 1.82) is 0 Å². The summed E-state index contributed by atoms with van der Waals surface area (Å²) in [6.07, 6.45) is 6.22. The van der Waals surface area contributed by atoms with Crippen molar-refractivity contribution in [3.8, 4) is 0 Å². The third kappa shape index (κ3) is 2.86. The Morgan fingerprint density at radius 3 is 2.96 bits per heavy atom. The van der Waals surface area contributed by atoms with Crippen LogP contribution < -0.4 is 21.5 Å². The first-order valence-electron chi connectivity index (χ1n) is 8.12. The molecule has 0 bridgehead atoms. The molecule has 4 heterocycles. The van der Waals surface area contributed by atoms with Gasteiger partial charge >= 0.3 is 5.69 Å². The van der Waals surface area contributed by atoms with Crippen molar-refractivity contribution in [2.24, 2.45) is 7.05 Å². The molecular weight excluding hydrogens is 320 g/mol. The van der Waals surface area contributed by atoms with Crippen molar-refractivity contribution in [2.75, 3.05) is 23.3 Å². The predicted octanol–water partition coefficient (Wildman–Crippen LogP) is 0.708. The lowest BCUT2D eigenvalue weighted by Crippen LogP contribution is -2.35. The molecule has 0 unspecified atom stereocenters. The second-order valence-corrected chi connectivity index (χ2v) is 6.19. The molecule has 0 saturated carbocycles. The lowest BCUT2D eigenvalue weighted by Gasteiger charge is -2.19. The highest BCUT2D eigenvalue weighted by molar-refractivity contribution is 5.90. The molecule has 0 spiro atoms. The monoisotopic (exact) mass is 338 g/mol. The van der Waals surface area contributed by atoms with Gasteiger partial charge in [-0.15, -0.1) is 0 Å². The van der Waals surface area contributed by atoms with Gasteiger partial charge in [0.25, 0.3) is 5.56 Å². The van der Waals surface area contributed by atoms with E-state index < -0.39 is 5.69 Å². The molecule has 0 radical (unpaired) electrons. The van der Waals surface area contributed by atoms with E-state index in [1.165, 1.54) is 13.1 Å². The quantitative estimate of drug-likeness (QED) is 0.730. The number of rotatable bonds is 3. The predicted molar refractivity (Wildman–Crippen MR) is 96.1 cm³/mol. The Kier molecular flexibility index (Phi) is 3.72. The fourth-order valence-corrected chi connectivity index (χ4v) is 3.13. The first-order valence-corrected chi connectivity index (χ1v) is 8.12. The molecule has 8 nitrogen and oxygen atoms in total. The smallest absolute Gasteiger partial charge is 0.329 e. The summed E-state index contributed by atoms with van der Waals surface area (Å²) in [4.78, 5) is 37.0. The maximum atomic E-state index is 11.8. The van der Waals surface area contributed by atoms with E-state index in [1.807, 2.05) is 17.0 Å². The molecule has 1 aliphatic heterocycles. The van der Waals surface area contributed by atoms with E-state index in [1.54, 1.807) is 18.6 Å². The molecule has 8 heteroatoms. The summed E-state index contributed by atoms with van der Waals surface area (Å²) in [5, 5.41) is 5.52. The number of nitrogens with zero attached hydrogens (tertiary/aromatic N) is 4. The number of anilines is 2. The molecular formula is C17H18N6O2. The second kappa shape index (κ2) is 6.04. The highest BCUT2D eigenvalue weighted by atomic mass is 16.2. The zero-order valence-electron chi connectivity index (χ0n) is 13.8. The van der Waals surface area contributed by atoms with E-state index in [-0.39, 0.29) is 11.6 Å². The minimum atomic E-state index is -0.402. The van der Waals surface area contributed by atoms with Crippen molar-refractivity contribution >= 4 is 22.4 Å². The second-order valence-electron chi connectivity index (χ2n) is 6.19. The SMILES string of the molecule is Cn1c(=O)cc(N2CC[C@@H](Nc3nccc4ccncc34)C2)[nH]c1=O. The van der Waals surface area contributed by atoms with Gasteiger partial charge in [-0.1, -0.05) is 0 Å². The Hall–Kier alpha value is -3.16. The van der Waals surface area contributed by atoms with E-state index in [0.717, 1.165) is 34.1 Å². The molecule has 1 atom stereocenters. The zero-order chi connectivity index (χ0) is 17.4. The maximum Gasteiger partial charge on any atom is 0.329 e. The average Bonchev–Trinajstić information content (AvgIpc) is 3.08. The van der Waals surface area contributed by atoms with Gasteiger partial charge in [0, 0.05) is 56.2 Å². The molecule has 2 N–H and O–H groups in total. The minimum absolute atomic E-state index is 0.172. The Morgan fingerprint density at radius 1 is 1.28 bits per heavy atom. The van der Waals surface area contributed by atoms with Gasteiger partial charge in [0.15, 0.2) is 0 Å². The molecule has 4 rings (SSSR count). The molecule has 1 aliphatic rings. The van der Waals surface area contributed by atoms with Crippen LogP contribution in [-0.4, -0.2) is 38.7 Å². The molecule has 1 fully saturated rings. The summed E-state index contributed by atoms with van der Waals surface area (Å²) in [6, 6.07) is 5.54. The molecule has 128 valence electrons. The standard InChI is InChI=1S/C17H18N6O2/c1-22-15(24)8-14(21-17(22)25)23-7-4-12(10-23)20-16-13-9-18-5-2-11(13)3-6-19-16/h2-3,5-6,8-9,12H,4,7,10H2,1H3,(H,19,20)(H,21,25)/t12-/m1/s1. The summed E-state index contributed by atoms with van der Waals surface area (Å²) in [5.74, 6) is 1.36. The molecule has 0 aliphatic carbocycles. The van der Waals surface area contributed by atoms with Crippen molar-refractivity contribution in [3.63, 3.8) is 0 Å². The van der Waals surface area contributed by atoms with Crippen molar-refractivity contribution in [3.05, 3.63) is 57.6 Å². The molecule has 0 amide bonds. The first kappa shape index (κ1) is 15.4. The summed E-state index contributed by atoms with van der Waals surface area (Å²) in [6.45, 7) is 1.44. The van der Waals surface area contributed by atoms with Gasteiger partial charge in [0.05, 0.1) is 0 Å². The van der Waals surface area contributed by atoms with Gasteiger partial charge < -0.3 is 10.2 Å². The fraction of sp³-hybridized carbons (Fsp3) is 0.294. The van der Waals surface area contributed by atoms with Gasteiger partial charge in [0.2, 0.25) is 0 Å². The lowest BCUT2D eigenvalue weighted by atomic mass is 10.2. The molecule has 1 saturated heterocycles. The number of fused-ring (bicyclic) bond motifs is 1. The van der Waals surface area contributed by atoms with Crippen molar-refractivity contribution in [2.45, 2.75) is 12.5 Å². The van der Waals surface area contributed by atoms with Crippen LogP contribution in [0.5, 0.6) is 0 Å². The number of pyridine rings is 2. The summed E-state index contributed by atoms with van der Waals surface area (Å²) < 4.78 is 1.06. The van der Waals surface area contributed by atoms with Crippen LogP contribution in [-0.2, 0) is 7.05 Å². The Labute approximate surface area is 143 Å². The van der Waals surface area contributed by atoms with Crippen molar-refractivity contribution in [1.82, 2.24) is 19.5 Å². The van der Waals surface area contributed by atoms with Crippen molar-refractivity contribution < 1.29 is 0 Å². The van der Waals surface area contributed by atoms with Crippen LogP contribution in [0.15, 0.2) is 46.4 Å². The molecule has 0 aromatic carbocycles. The Bertz CT molecular complexity index is 1000. The summed E-state index contributed by atoms with van der Waals surface area (Å²) >= 11 is 0. The van der Waals surface area contributed by atoms with Crippen LogP contribution in [0.25, 0.3) is 10.8 Å². The Morgan fingerprint density at radius 2 is 2.12 bits per heavy atom. The maximum absolute atomic E-state index is 11.8. The van der Waals surface area contributed by atoms with Crippen LogP contribution in [0.4, 0.5) is 11.6 Å². The molecule has 3 aromatic rings. The summed E-state index contributed by atoms with van der Waals surface area (Å²) in [7, 11) is 1.46. The van der Waals surface area contributed by atoms with Crippen LogP contribution in [0.1, 0.15) is 6.42 Å². The highest BCUT2D eigenvalue weighted by Crippen LogP contribution is 2.23. The average molecular weight is 338 g/mol. The highest BCUT2D eigenvalue weighted by Gasteiger charge is 2.24. The van der Waals surface area contributed by atoms with E-state index in [4.69, 9.17) is 0 Å². The number of H-pyrrole nitrogens is 1. The van der Waals surface area contributed by atoms with E-state index >= 15 is 0 Å². The minimum Gasteiger partial charge on any atom is -0.365 e. The van der Waals surface area contributed by atoms with Gasteiger partial charge in [-0.25, -0.2) is 9.78 Å². The number of hydrogen-bond donors (Lipinski definition) is 2. The van der Waals surface area contributed by atoms with Crippen LogP contribution in [0.3, 0.4) is 0 Å². The first-order chi connectivity index (χ1) is 12.1. The fourth-order valence-electron chi connectivity index (χ4n) is 3.13. The van der Waals surface area contributed by atoms with Crippen LogP contribution >= 0.6 is 0 Å². The normalized spacial score (nSPS) is 17.2. The van der Waals surface area contributed by atoms with E-state index in [0.29, 0.717) is 12.4 Å².